The third kappa shape index (κ3) is 3.66. The van der Waals surface area contributed by atoms with Crippen LogP contribution in [0.25, 0.3) is 21.6 Å². The highest BCUT2D eigenvalue weighted by atomic mass is 35.5. The van der Waals surface area contributed by atoms with E-state index >= 15 is 0 Å². The molecular formula is C19H9Cl2N5OS. The van der Waals surface area contributed by atoms with E-state index in [1.165, 1.54) is 23.5 Å². The minimum absolute atomic E-state index is 0.0409. The second-order valence-corrected chi connectivity index (χ2v) is 7.42. The van der Waals surface area contributed by atoms with E-state index in [4.69, 9.17) is 28.5 Å². The van der Waals surface area contributed by atoms with Crippen molar-refractivity contribution in [3.63, 3.8) is 0 Å². The first-order valence-electron chi connectivity index (χ1n) is 7.95. The fourth-order valence-corrected chi connectivity index (χ4v) is 3.68. The maximum absolute atomic E-state index is 12.4. The van der Waals surface area contributed by atoms with Gasteiger partial charge < -0.3 is 0 Å². The molecule has 28 heavy (non-hydrogen) atoms. The lowest BCUT2D eigenvalue weighted by molar-refractivity contribution is 0.102. The molecule has 0 atom stereocenters. The maximum atomic E-state index is 12.4. The average molecular weight is 426 g/mol. The average Bonchev–Trinajstić information content (AvgIpc) is 3.09. The van der Waals surface area contributed by atoms with Crippen molar-refractivity contribution < 1.29 is 4.79 Å². The Balaban J connectivity index is 1.60. The van der Waals surface area contributed by atoms with Crippen molar-refractivity contribution in [1.29, 1.82) is 5.26 Å². The maximum Gasteiger partial charge on any atom is 0.260 e. The molecule has 0 aliphatic carbocycles. The summed E-state index contributed by atoms with van der Waals surface area (Å²) < 4.78 is 0. The number of carbonyl (C=O) groups excluding carboxylic acids is 1. The number of benzene rings is 1. The Morgan fingerprint density at radius 3 is 2.50 bits per heavy atom. The van der Waals surface area contributed by atoms with Gasteiger partial charge in [0.25, 0.3) is 5.91 Å². The number of anilines is 1. The van der Waals surface area contributed by atoms with Crippen molar-refractivity contribution in [2.24, 2.45) is 0 Å². The second-order valence-electron chi connectivity index (χ2n) is 5.65. The number of rotatable bonds is 3. The molecule has 0 saturated heterocycles. The van der Waals surface area contributed by atoms with Crippen LogP contribution in [0.15, 0.2) is 48.5 Å². The molecule has 1 amide bonds. The summed E-state index contributed by atoms with van der Waals surface area (Å²) in [4.78, 5) is 26.0. The molecule has 1 N–H and O–H groups in total. The van der Waals surface area contributed by atoms with Crippen LogP contribution in [0, 0.1) is 11.3 Å². The predicted octanol–water partition coefficient (Wildman–Crippen LogP) is 5.18. The van der Waals surface area contributed by atoms with Crippen molar-refractivity contribution in [2.45, 2.75) is 0 Å². The molecular weight excluding hydrogens is 417 g/mol. The van der Waals surface area contributed by atoms with Crippen LogP contribution in [0.1, 0.15) is 16.1 Å². The van der Waals surface area contributed by atoms with E-state index < -0.39 is 5.91 Å². The number of nitrogens with zero attached hydrogens (tertiary/aromatic N) is 4. The lowest BCUT2D eigenvalue weighted by Gasteiger charge is -2.03. The van der Waals surface area contributed by atoms with Gasteiger partial charge in [-0.2, -0.15) is 5.26 Å². The highest BCUT2D eigenvalue weighted by Gasteiger charge is 2.15. The van der Waals surface area contributed by atoms with Gasteiger partial charge in [0.15, 0.2) is 5.13 Å². The van der Waals surface area contributed by atoms with E-state index in [1.54, 1.807) is 12.1 Å². The number of aromatic nitrogens is 3. The van der Waals surface area contributed by atoms with Crippen LogP contribution < -0.4 is 5.32 Å². The molecule has 0 radical (unpaired) electrons. The Hall–Kier alpha value is -3.05. The number of halogens is 2. The molecule has 0 aliphatic heterocycles. The van der Waals surface area contributed by atoms with E-state index in [0.717, 1.165) is 11.3 Å². The van der Waals surface area contributed by atoms with Gasteiger partial charge in [-0.1, -0.05) is 46.7 Å². The summed E-state index contributed by atoms with van der Waals surface area (Å²) in [6.45, 7) is 0. The van der Waals surface area contributed by atoms with Gasteiger partial charge in [-0.25, -0.2) is 15.0 Å². The van der Waals surface area contributed by atoms with Gasteiger partial charge in [0, 0.05) is 10.6 Å². The Bertz CT molecular complexity index is 1250. The summed E-state index contributed by atoms with van der Waals surface area (Å²) in [6.07, 6.45) is 0. The summed E-state index contributed by atoms with van der Waals surface area (Å²) in [6, 6.07) is 15.8. The standard InChI is InChI=1S/C19H9Cl2N5OS/c20-11-3-1-10(2-4-11)14-7-8-15-18(24-14)28-19(25-15)26-17(27)13-6-5-12(9-22)23-16(13)21/h1-8H,(H,25,26,27). The molecule has 9 heteroatoms. The highest BCUT2D eigenvalue weighted by molar-refractivity contribution is 7.22. The number of fused-ring (bicyclic) bond motifs is 1. The molecule has 4 rings (SSSR count). The summed E-state index contributed by atoms with van der Waals surface area (Å²) >= 11 is 13.2. The zero-order valence-electron chi connectivity index (χ0n) is 14.0. The van der Waals surface area contributed by atoms with Crippen LogP contribution in [0.3, 0.4) is 0 Å². The molecule has 136 valence electrons. The number of pyridine rings is 2. The number of hydrogen-bond acceptors (Lipinski definition) is 6. The Morgan fingerprint density at radius 1 is 1.00 bits per heavy atom. The zero-order valence-corrected chi connectivity index (χ0v) is 16.3. The second kappa shape index (κ2) is 7.52. The van der Waals surface area contributed by atoms with E-state index in [-0.39, 0.29) is 16.4 Å². The molecule has 0 unspecified atom stereocenters. The third-order valence-electron chi connectivity index (χ3n) is 3.82. The number of carbonyl (C=O) groups is 1. The van der Waals surface area contributed by atoms with Crippen molar-refractivity contribution in [3.05, 3.63) is 70.0 Å². The van der Waals surface area contributed by atoms with Crippen molar-refractivity contribution >= 4 is 55.9 Å². The predicted molar refractivity (Wildman–Crippen MR) is 110 cm³/mol. The summed E-state index contributed by atoms with van der Waals surface area (Å²) in [5, 5.41) is 12.5. The van der Waals surface area contributed by atoms with Gasteiger partial charge >= 0.3 is 0 Å². The summed E-state index contributed by atoms with van der Waals surface area (Å²) in [5.74, 6) is -0.459. The van der Waals surface area contributed by atoms with Gasteiger partial charge in [-0.3, -0.25) is 10.1 Å². The number of hydrogen-bond donors (Lipinski definition) is 1. The first kappa shape index (κ1) is 18.3. The van der Waals surface area contributed by atoms with Crippen LogP contribution in [0.5, 0.6) is 0 Å². The van der Waals surface area contributed by atoms with Gasteiger partial charge in [-0.15, -0.1) is 0 Å². The molecule has 0 aliphatic rings. The number of nitriles is 1. The summed E-state index contributed by atoms with van der Waals surface area (Å²) in [7, 11) is 0. The molecule has 0 saturated carbocycles. The lowest BCUT2D eigenvalue weighted by Crippen LogP contribution is -2.13. The molecule has 0 spiro atoms. The van der Waals surface area contributed by atoms with E-state index in [9.17, 15) is 4.79 Å². The molecule has 0 bridgehead atoms. The number of nitrogens with one attached hydrogen (secondary N) is 1. The molecule has 3 aromatic heterocycles. The van der Waals surface area contributed by atoms with Crippen LogP contribution in [0.2, 0.25) is 10.2 Å². The first-order chi connectivity index (χ1) is 13.5. The Labute approximate surface area is 173 Å². The highest BCUT2D eigenvalue weighted by Crippen LogP contribution is 2.28. The van der Waals surface area contributed by atoms with Gasteiger partial charge in [-0.05, 0) is 36.4 Å². The Kier molecular flexibility index (Phi) is 4.92. The normalized spacial score (nSPS) is 10.6. The fraction of sp³-hybridized carbons (Fsp3) is 0. The fourth-order valence-electron chi connectivity index (χ4n) is 2.48. The van der Waals surface area contributed by atoms with Crippen LogP contribution in [-0.4, -0.2) is 20.9 Å². The first-order valence-corrected chi connectivity index (χ1v) is 9.52. The number of amides is 1. The largest absolute Gasteiger partial charge is 0.298 e. The molecule has 6 nitrogen and oxygen atoms in total. The van der Waals surface area contributed by atoms with Crippen molar-refractivity contribution in [3.8, 4) is 17.3 Å². The van der Waals surface area contributed by atoms with Crippen LogP contribution >= 0.6 is 34.5 Å². The monoisotopic (exact) mass is 425 g/mol. The smallest absolute Gasteiger partial charge is 0.260 e. The van der Waals surface area contributed by atoms with Crippen LogP contribution in [0.4, 0.5) is 5.13 Å². The lowest BCUT2D eigenvalue weighted by atomic mass is 10.1. The zero-order chi connectivity index (χ0) is 19.7. The molecule has 1 aromatic carbocycles. The quantitative estimate of drug-likeness (QED) is 0.456. The van der Waals surface area contributed by atoms with Crippen molar-refractivity contribution in [1.82, 2.24) is 15.0 Å². The van der Waals surface area contributed by atoms with E-state index in [2.05, 4.69) is 20.3 Å². The molecule has 4 aromatic rings. The third-order valence-corrected chi connectivity index (χ3v) is 5.24. The Morgan fingerprint density at radius 2 is 1.79 bits per heavy atom. The van der Waals surface area contributed by atoms with E-state index in [1.807, 2.05) is 30.3 Å². The minimum atomic E-state index is -0.459. The minimum Gasteiger partial charge on any atom is -0.298 e. The van der Waals surface area contributed by atoms with E-state index in [0.29, 0.717) is 20.5 Å². The summed E-state index contributed by atoms with van der Waals surface area (Å²) in [5.41, 5.74) is 2.68. The topological polar surface area (TPSA) is 91.6 Å². The number of thiazole rings is 1. The van der Waals surface area contributed by atoms with Gasteiger partial charge in [0.1, 0.15) is 27.3 Å². The van der Waals surface area contributed by atoms with Gasteiger partial charge in [0.2, 0.25) is 0 Å². The molecule has 0 fully saturated rings. The molecule has 3 heterocycles. The van der Waals surface area contributed by atoms with Gasteiger partial charge in [0.05, 0.1) is 11.3 Å². The van der Waals surface area contributed by atoms with Crippen molar-refractivity contribution in [2.75, 3.05) is 5.32 Å². The SMILES string of the molecule is N#Cc1ccc(C(=O)Nc2nc3ccc(-c4ccc(Cl)cc4)nc3s2)c(Cl)n1. The van der Waals surface area contributed by atoms with Crippen LogP contribution in [-0.2, 0) is 0 Å².